The summed E-state index contributed by atoms with van der Waals surface area (Å²) in [7, 11) is 0. The summed E-state index contributed by atoms with van der Waals surface area (Å²) in [5.74, 6) is -2.22. The number of carbonyl (C=O) groups is 3. The molecule has 0 aliphatic heterocycles. The summed E-state index contributed by atoms with van der Waals surface area (Å²) in [6.07, 6.45) is -3.03. The molecule has 0 radical (unpaired) electrons. The van der Waals surface area contributed by atoms with Crippen LogP contribution in [0, 0.1) is 0 Å². The first-order valence-corrected chi connectivity index (χ1v) is 4.75. The number of esters is 3. The SMILES string of the molecule is CC(=O)OCC(OC(C)=O)C(O)OC(=O)CN. The molecule has 0 fully saturated rings. The lowest BCUT2D eigenvalue weighted by atomic mass is 10.3. The van der Waals surface area contributed by atoms with Gasteiger partial charge in [-0.15, -0.1) is 0 Å². The molecule has 8 nitrogen and oxygen atoms in total. The first-order chi connectivity index (χ1) is 7.86. The highest BCUT2D eigenvalue weighted by molar-refractivity contribution is 5.71. The second-order valence-corrected chi connectivity index (χ2v) is 3.04. The van der Waals surface area contributed by atoms with Crippen molar-refractivity contribution in [2.45, 2.75) is 26.2 Å². The molecule has 0 aromatic rings. The van der Waals surface area contributed by atoms with E-state index in [1.54, 1.807) is 0 Å². The maximum Gasteiger partial charge on any atom is 0.322 e. The second-order valence-electron chi connectivity index (χ2n) is 3.04. The molecule has 0 aliphatic rings. The molecule has 0 aliphatic carbocycles. The zero-order chi connectivity index (χ0) is 13.4. The van der Waals surface area contributed by atoms with Crippen molar-refractivity contribution in [1.82, 2.24) is 0 Å². The zero-order valence-electron chi connectivity index (χ0n) is 9.54. The molecule has 0 aromatic carbocycles. The number of ether oxygens (including phenoxy) is 3. The molecule has 0 rings (SSSR count). The van der Waals surface area contributed by atoms with E-state index in [-0.39, 0.29) is 0 Å². The van der Waals surface area contributed by atoms with E-state index in [1.165, 1.54) is 0 Å². The van der Waals surface area contributed by atoms with Gasteiger partial charge in [0, 0.05) is 13.8 Å². The lowest BCUT2D eigenvalue weighted by Gasteiger charge is -2.21. The van der Waals surface area contributed by atoms with Crippen LogP contribution in [0.2, 0.25) is 0 Å². The fourth-order valence-electron chi connectivity index (χ4n) is 0.846. The lowest BCUT2D eigenvalue weighted by molar-refractivity contribution is -0.204. The van der Waals surface area contributed by atoms with E-state index >= 15 is 0 Å². The van der Waals surface area contributed by atoms with Crippen molar-refractivity contribution in [3.05, 3.63) is 0 Å². The van der Waals surface area contributed by atoms with Crippen LogP contribution in [0.15, 0.2) is 0 Å². The summed E-state index contributed by atoms with van der Waals surface area (Å²) in [5, 5.41) is 9.41. The normalized spacial score (nSPS) is 13.4. The van der Waals surface area contributed by atoms with Gasteiger partial charge < -0.3 is 25.1 Å². The number of hydrogen-bond donors (Lipinski definition) is 2. The van der Waals surface area contributed by atoms with Gasteiger partial charge in [0.15, 0.2) is 6.10 Å². The fraction of sp³-hybridized carbons (Fsp3) is 0.667. The van der Waals surface area contributed by atoms with Gasteiger partial charge in [-0.25, -0.2) is 0 Å². The zero-order valence-corrected chi connectivity index (χ0v) is 9.54. The van der Waals surface area contributed by atoms with E-state index in [1.807, 2.05) is 0 Å². The molecule has 0 heterocycles. The average Bonchev–Trinajstić information content (AvgIpc) is 2.22. The van der Waals surface area contributed by atoms with Gasteiger partial charge in [0.2, 0.25) is 6.29 Å². The number of aliphatic hydroxyl groups excluding tert-OH is 1. The Morgan fingerprint density at radius 1 is 1.18 bits per heavy atom. The third-order valence-electron chi connectivity index (χ3n) is 1.51. The van der Waals surface area contributed by atoms with Crippen molar-refractivity contribution in [2.75, 3.05) is 13.2 Å². The van der Waals surface area contributed by atoms with Gasteiger partial charge in [0.05, 0.1) is 6.54 Å². The summed E-state index contributed by atoms with van der Waals surface area (Å²) >= 11 is 0. The first kappa shape index (κ1) is 15.3. The Morgan fingerprint density at radius 3 is 2.18 bits per heavy atom. The van der Waals surface area contributed by atoms with Crippen LogP contribution in [0.3, 0.4) is 0 Å². The Labute approximate surface area is 97.6 Å². The standard InChI is InChI=1S/C9H15NO7/c1-5(11)15-4-7(16-6(2)12)9(14)17-8(13)3-10/h7,9,14H,3-4,10H2,1-2H3. The van der Waals surface area contributed by atoms with Crippen LogP contribution in [0.1, 0.15) is 13.8 Å². The average molecular weight is 249 g/mol. The fourth-order valence-corrected chi connectivity index (χ4v) is 0.846. The van der Waals surface area contributed by atoms with E-state index in [0.717, 1.165) is 13.8 Å². The quantitative estimate of drug-likeness (QED) is 0.324. The molecule has 0 saturated heterocycles. The Morgan fingerprint density at radius 2 is 1.76 bits per heavy atom. The third kappa shape index (κ3) is 7.25. The Balaban J connectivity index is 4.38. The smallest absolute Gasteiger partial charge is 0.322 e. The van der Waals surface area contributed by atoms with Crippen molar-refractivity contribution < 1.29 is 33.7 Å². The summed E-state index contributed by atoms with van der Waals surface area (Å²) in [6.45, 7) is 1.38. The molecule has 98 valence electrons. The molecule has 0 amide bonds. The van der Waals surface area contributed by atoms with Gasteiger partial charge >= 0.3 is 17.9 Å². The van der Waals surface area contributed by atoms with Gasteiger partial charge in [0.25, 0.3) is 0 Å². The minimum absolute atomic E-state index is 0.423. The van der Waals surface area contributed by atoms with Gasteiger partial charge in [-0.3, -0.25) is 14.4 Å². The maximum atomic E-state index is 10.8. The molecule has 0 bridgehead atoms. The topological polar surface area (TPSA) is 125 Å². The van der Waals surface area contributed by atoms with Crippen LogP contribution in [0.25, 0.3) is 0 Å². The Kier molecular flexibility index (Phi) is 6.83. The predicted molar refractivity (Wildman–Crippen MR) is 53.3 cm³/mol. The number of aliphatic hydroxyl groups is 1. The molecule has 0 spiro atoms. The van der Waals surface area contributed by atoms with Crippen LogP contribution < -0.4 is 5.73 Å². The monoisotopic (exact) mass is 249 g/mol. The Bertz CT molecular complexity index is 291. The maximum absolute atomic E-state index is 10.8. The van der Waals surface area contributed by atoms with Crippen molar-refractivity contribution >= 4 is 17.9 Å². The number of carbonyl (C=O) groups excluding carboxylic acids is 3. The Hall–Kier alpha value is -1.67. The molecular formula is C9H15NO7. The van der Waals surface area contributed by atoms with Crippen molar-refractivity contribution in [1.29, 1.82) is 0 Å². The molecule has 2 atom stereocenters. The highest BCUT2D eigenvalue weighted by atomic mass is 16.7. The molecular weight excluding hydrogens is 234 g/mol. The molecule has 0 aromatic heterocycles. The van der Waals surface area contributed by atoms with Crippen molar-refractivity contribution in [3.63, 3.8) is 0 Å². The largest absolute Gasteiger partial charge is 0.462 e. The van der Waals surface area contributed by atoms with Crippen LogP contribution in [0.5, 0.6) is 0 Å². The van der Waals surface area contributed by atoms with Crippen LogP contribution in [-0.2, 0) is 28.6 Å². The van der Waals surface area contributed by atoms with E-state index in [0.29, 0.717) is 0 Å². The van der Waals surface area contributed by atoms with E-state index < -0.39 is 43.5 Å². The first-order valence-electron chi connectivity index (χ1n) is 4.75. The second kappa shape index (κ2) is 7.58. The summed E-state index contributed by atoms with van der Waals surface area (Å²) < 4.78 is 13.6. The summed E-state index contributed by atoms with van der Waals surface area (Å²) in [6, 6.07) is 0. The summed E-state index contributed by atoms with van der Waals surface area (Å²) in [4.78, 5) is 32.1. The van der Waals surface area contributed by atoms with E-state index in [2.05, 4.69) is 14.2 Å². The van der Waals surface area contributed by atoms with Gasteiger partial charge in [0.1, 0.15) is 6.61 Å². The van der Waals surface area contributed by atoms with Crippen molar-refractivity contribution in [2.24, 2.45) is 5.73 Å². The third-order valence-corrected chi connectivity index (χ3v) is 1.51. The molecule has 8 heteroatoms. The number of rotatable bonds is 6. The molecule has 17 heavy (non-hydrogen) atoms. The van der Waals surface area contributed by atoms with Crippen LogP contribution in [-0.4, -0.2) is 48.6 Å². The van der Waals surface area contributed by atoms with Crippen LogP contribution >= 0.6 is 0 Å². The number of nitrogens with two attached hydrogens (primary N) is 1. The lowest BCUT2D eigenvalue weighted by Crippen LogP contribution is -2.39. The predicted octanol–water partition coefficient (Wildman–Crippen LogP) is -1.70. The van der Waals surface area contributed by atoms with Crippen LogP contribution in [0.4, 0.5) is 0 Å². The molecule has 0 saturated carbocycles. The van der Waals surface area contributed by atoms with E-state index in [9.17, 15) is 19.5 Å². The minimum Gasteiger partial charge on any atom is -0.462 e. The van der Waals surface area contributed by atoms with Gasteiger partial charge in [-0.1, -0.05) is 0 Å². The molecule has 3 N–H and O–H groups in total. The summed E-state index contributed by atoms with van der Waals surface area (Å²) in [5.41, 5.74) is 4.97. The number of hydrogen-bond acceptors (Lipinski definition) is 8. The highest BCUT2D eigenvalue weighted by Gasteiger charge is 2.26. The van der Waals surface area contributed by atoms with E-state index in [4.69, 9.17) is 5.73 Å². The van der Waals surface area contributed by atoms with Gasteiger partial charge in [-0.2, -0.15) is 0 Å². The highest BCUT2D eigenvalue weighted by Crippen LogP contribution is 2.04. The van der Waals surface area contributed by atoms with Gasteiger partial charge in [-0.05, 0) is 0 Å². The van der Waals surface area contributed by atoms with Crippen molar-refractivity contribution in [3.8, 4) is 0 Å². The minimum atomic E-state index is -1.74. The molecule has 2 unspecified atom stereocenters.